The molecule has 2 rings (SSSR count). The lowest BCUT2D eigenvalue weighted by atomic mass is 10.3. The number of sulfone groups is 1. The van der Waals surface area contributed by atoms with Gasteiger partial charge in [0.05, 0.1) is 18.1 Å². The summed E-state index contributed by atoms with van der Waals surface area (Å²) in [5.74, 6) is 0.409. The molecule has 0 saturated carbocycles. The largest absolute Gasteiger partial charge is 0.447 e. The van der Waals surface area contributed by atoms with Crippen molar-refractivity contribution in [2.24, 2.45) is 0 Å². The summed E-state index contributed by atoms with van der Waals surface area (Å²) in [5, 5.41) is 2.70. The molecule has 114 valence electrons. The highest BCUT2D eigenvalue weighted by atomic mass is 32.2. The lowest BCUT2D eigenvalue weighted by Crippen LogP contribution is -2.37. The fraction of sp³-hybridized carbons (Fsp3) is 0.636. The van der Waals surface area contributed by atoms with Gasteiger partial charge in [-0.3, -0.25) is 0 Å². The van der Waals surface area contributed by atoms with Crippen LogP contribution < -0.4 is 5.32 Å². The molecular weight excluding hydrogens is 304 g/mol. The first-order valence-electron chi connectivity index (χ1n) is 6.18. The minimum atomic E-state index is -3.80. The van der Waals surface area contributed by atoms with Crippen molar-refractivity contribution in [3.05, 3.63) is 17.9 Å². The van der Waals surface area contributed by atoms with Crippen molar-refractivity contribution in [2.45, 2.75) is 24.1 Å². The normalized spacial score (nSPS) is 22.4. The minimum Gasteiger partial charge on any atom is -0.447 e. The highest BCUT2D eigenvalue weighted by molar-refractivity contribution is 7.92. The minimum absolute atomic E-state index is 0.0285. The summed E-state index contributed by atoms with van der Waals surface area (Å²) in [4.78, 5) is 0. The van der Waals surface area contributed by atoms with Crippen molar-refractivity contribution >= 4 is 19.9 Å². The molecule has 1 aliphatic heterocycles. The van der Waals surface area contributed by atoms with Crippen molar-refractivity contribution < 1.29 is 21.3 Å². The maximum atomic E-state index is 12.4. The van der Waals surface area contributed by atoms with Gasteiger partial charge >= 0.3 is 0 Å². The van der Waals surface area contributed by atoms with Crippen LogP contribution in [0.1, 0.15) is 12.2 Å². The first kappa shape index (κ1) is 15.5. The van der Waals surface area contributed by atoms with E-state index in [1.807, 2.05) is 0 Å². The van der Waals surface area contributed by atoms with Crippen molar-refractivity contribution in [2.75, 3.05) is 25.6 Å². The Labute approximate surface area is 118 Å². The molecule has 20 heavy (non-hydrogen) atoms. The lowest BCUT2D eigenvalue weighted by Gasteiger charge is -2.21. The molecule has 9 heteroatoms. The second-order valence-electron chi connectivity index (χ2n) is 4.83. The van der Waals surface area contributed by atoms with Crippen LogP contribution in [-0.4, -0.2) is 52.8 Å². The van der Waals surface area contributed by atoms with E-state index in [1.165, 1.54) is 13.1 Å². The topological polar surface area (TPSA) is 96.7 Å². The molecule has 1 N–H and O–H groups in total. The highest BCUT2D eigenvalue weighted by Gasteiger charge is 2.37. The molecule has 1 saturated heterocycles. The van der Waals surface area contributed by atoms with E-state index >= 15 is 0 Å². The summed E-state index contributed by atoms with van der Waals surface area (Å²) in [6, 6.07) is 2.45. The van der Waals surface area contributed by atoms with Crippen LogP contribution in [-0.2, 0) is 26.4 Å². The second-order valence-corrected chi connectivity index (χ2v) is 8.99. The summed E-state index contributed by atoms with van der Waals surface area (Å²) < 4.78 is 54.0. The number of nitrogens with one attached hydrogen (secondary N) is 1. The van der Waals surface area contributed by atoms with Crippen LogP contribution in [0, 0.1) is 0 Å². The SMILES string of the molecule is CNCc1ccc(S(=O)(=O)N(C)C2CCS(=O)(=O)C2)o1. The van der Waals surface area contributed by atoms with Gasteiger partial charge in [0.25, 0.3) is 10.0 Å². The van der Waals surface area contributed by atoms with E-state index in [1.54, 1.807) is 13.1 Å². The maximum absolute atomic E-state index is 12.4. The molecule has 0 aromatic carbocycles. The second kappa shape index (κ2) is 5.47. The number of furan rings is 1. The van der Waals surface area contributed by atoms with Gasteiger partial charge in [0, 0.05) is 13.1 Å². The van der Waals surface area contributed by atoms with E-state index in [0.717, 1.165) is 4.31 Å². The Morgan fingerprint density at radius 2 is 2.15 bits per heavy atom. The lowest BCUT2D eigenvalue weighted by molar-refractivity contribution is 0.356. The third-order valence-electron chi connectivity index (χ3n) is 3.34. The molecule has 0 radical (unpaired) electrons. The predicted molar refractivity (Wildman–Crippen MR) is 73.5 cm³/mol. The van der Waals surface area contributed by atoms with Gasteiger partial charge < -0.3 is 9.73 Å². The zero-order valence-electron chi connectivity index (χ0n) is 11.4. The molecule has 0 spiro atoms. The molecule has 1 aromatic rings. The van der Waals surface area contributed by atoms with Crippen LogP contribution in [0.3, 0.4) is 0 Å². The van der Waals surface area contributed by atoms with E-state index in [9.17, 15) is 16.8 Å². The molecule has 1 atom stereocenters. The molecule has 7 nitrogen and oxygen atoms in total. The fourth-order valence-electron chi connectivity index (χ4n) is 2.17. The van der Waals surface area contributed by atoms with Crippen LogP contribution in [0.5, 0.6) is 0 Å². The molecule has 1 fully saturated rings. The standard InChI is InChI=1S/C11H18N2O5S2/c1-12-7-10-3-4-11(18-10)20(16,17)13(2)9-5-6-19(14,15)8-9/h3-4,9,12H,5-8H2,1-2H3. The average Bonchev–Trinajstić information content (AvgIpc) is 2.95. The van der Waals surface area contributed by atoms with E-state index in [-0.39, 0.29) is 16.6 Å². The molecule has 0 aliphatic carbocycles. The van der Waals surface area contributed by atoms with Crippen molar-refractivity contribution in [1.82, 2.24) is 9.62 Å². The van der Waals surface area contributed by atoms with Crippen molar-refractivity contribution in [3.63, 3.8) is 0 Å². The van der Waals surface area contributed by atoms with Gasteiger partial charge in [-0.2, -0.15) is 4.31 Å². The highest BCUT2D eigenvalue weighted by Crippen LogP contribution is 2.24. The van der Waals surface area contributed by atoms with Gasteiger partial charge in [0.15, 0.2) is 9.84 Å². The quantitative estimate of drug-likeness (QED) is 0.807. The van der Waals surface area contributed by atoms with E-state index in [4.69, 9.17) is 4.42 Å². The van der Waals surface area contributed by atoms with Crippen LogP contribution >= 0.6 is 0 Å². The summed E-state index contributed by atoms with van der Waals surface area (Å²) >= 11 is 0. The van der Waals surface area contributed by atoms with E-state index in [2.05, 4.69) is 5.32 Å². The summed E-state index contributed by atoms with van der Waals surface area (Å²) in [7, 11) is -3.81. The van der Waals surface area contributed by atoms with Crippen molar-refractivity contribution in [1.29, 1.82) is 0 Å². The summed E-state index contributed by atoms with van der Waals surface area (Å²) in [5.41, 5.74) is 0. The van der Waals surface area contributed by atoms with E-state index in [0.29, 0.717) is 18.7 Å². The van der Waals surface area contributed by atoms with E-state index < -0.39 is 25.9 Å². The fourth-order valence-corrected chi connectivity index (χ4v) is 5.34. The van der Waals surface area contributed by atoms with Gasteiger partial charge in [-0.1, -0.05) is 0 Å². The van der Waals surface area contributed by atoms with Crippen molar-refractivity contribution in [3.8, 4) is 0 Å². The van der Waals surface area contributed by atoms with Crippen LogP contribution in [0.15, 0.2) is 21.6 Å². The Morgan fingerprint density at radius 1 is 1.45 bits per heavy atom. The summed E-state index contributed by atoms with van der Waals surface area (Å²) in [6.45, 7) is 0.428. The monoisotopic (exact) mass is 322 g/mol. The Morgan fingerprint density at radius 3 is 2.70 bits per heavy atom. The first-order valence-corrected chi connectivity index (χ1v) is 9.44. The van der Waals surface area contributed by atoms with Gasteiger partial charge in [0.1, 0.15) is 5.76 Å². The molecule has 2 heterocycles. The maximum Gasteiger partial charge on any atom is 0.276 e. The molecule has 0 amide bonds. The number of nitrogens with zero attached hydrogens (tertiary/aromatic N) is 1. The van der Waals surface area contributed by atoms with Gasteiger partial charge in [0.2, 0.25) is 5.09 Å². The molecule has 1 aromatic heterocycles. The van der Waals surface area contributed by atoms with Crippen LogP contribution in [0.2, 0.25) is 0 Å². The zero-order chi connectivity index (χ0) is 15.0. The van der Waals surface area contributed by atoms with Gasteiger partial charge in [-0.25, -0.2) is 16.8 Å². The Balaban J connectivity index is 2.21. The Kier molecular flexibility index (Phi) is 4.24. The zero-order valence-corrected chi connectivity index (χ0v) is 13.0. The number of sulfonamides is 1. The first-order chi connectivity index (χ1) is 9.26. The third-order valence-corrected chi connectivity index (χ3v) is 6.88. The third kappa shape index (κ3) is 3.05. The smallest absolute Gasteiger partial charge is 0.276 e. The molecule has 0 bridgehead atoms. The Bertz CT molecular complexity index is 677. The number of rotatable bonds is 5. The van der Waals surface area contributed by atoms with Crippen LogP contribution in [0.25, 0.3) is 0 Å². The van der Waals surface area contributed by atoms with Crippen LogP contribution in [0.4, 0.5) is 0 Å². The molecule has 1 aliphatic rings. The predicted octanol–water partition coefficient (Wildman–Crippen LogP) is -0.193. The average molecular weight is 322 g/mol. The van der Waals surface area contributed by atoms with Gasteiger partial charge in [-0.15, -0.1) is 0 Å². The number of hydrogen-bond acceptors (Lipinski definition) is 6. The number of hydrogen-bond donors (Lipinski definition) is 1. The van der Waals surface area contributed by atoms with Gasteiger partial charge in [-0.05, 0) is 25.6 Å². The molecule has 1 unspecified atom stereocenters. The Hall–Kier alpha value is -0.900. The summed E-state index contributed by atoms with van der Waals surface area (Å²) in [6.07, 6.45) is 0.322. The molecular formula is C11H18N2O5S2.